The van der Waals surface area contributed by atoms with Crippen molar-refractivity contribution >= 4 is 28.1 Å². The number of hydrogen-bond acceptors (Lipinski definition) is 9. The van der Waals surface area contributed by atoms with Crippen LogP contribution in [0.2, 0.25) is 0 Å². The van der Waals surface area contributed by atoms with E-state index in [0.29, 0.717) is 27.1 Å². The summed E-state index contributed by atoms with van der Waals surface area (Å²) in [4.78, 5) is 41.1. The fourth-order valence-electron chi connectivity index (χ4n) is 4.30. The summed E-state index contributed by atoms with van der Waals surface area (Å²) in [5.74, 6) is 0.690. The van der Waals surface area contributed by atoms with E-state index in [4.69, 9.17) is 9.84 Å². The molecule has 0 saturated carbocycles. The van der Waals surface area contributed by atoms with Crippen molar-refractivity contribution in [1.82, 2.24) is 24.4 Å². The van der Waals surface area contributed by atoms with E-state index in [1.165, 1.54) is 12.1 Å². The van der Waals surface area contributed by atoms with Gasteiger partial charge in [0.1, 0.15) is 17.1 Å². The van der Waals surface area contributed by atoms with Gasteiger partial charge in [-0.2, -0.15) is 19.7 Å². The highest BCUT2D eigenvalue weighted by Crippen LogP contribution is 2.26. The Morgan fingerprint density at radius 2 is 1.71 bits per heavy atom. The second-order valence-corrected chi connectivity index (χ2v) is 10.0. The van der Waals surface area contributed by atoms with Gasteiger partial charge in [0.25, 0.3) is 16.8 Å². The Bertz CT molecular complexity index is 2070. The molecule has 3 aromatic heterocycles. The summed E-state index contributed by atoms with van der Waals surface area (Å²) < 4.78 is 8.30. The fraction of sp³-hybridized carbons (Fsp3) is 0.0690. The van der Waals surface area contributed by atoms with Gasteiger partial charge in [0, 0.05) is 35.9 Å². The third-order valence-electron chi connectivity index (χ3n) is 6.38. The summed E-state index contributed by atoms with van der Waals surface area (Å²) in [6.45, 7) is 0. The number of fused-ring (bicyclic) bond motifs is 1. The highest BCUT2D eigenvalue weighted by molar-refractivity contribution is 7.15. The molecule has 0 fully saturated rings. The van der Waals surface area contributed by atoms with E-state index in [-0.39, 0.29) is 22.8 Å². The molecule has 0 radical (unpaired) electrons. The number of thiazole rings is 1. The lowest BCUT2D eigenvalue weighted by atomic mass is 10.1. The molecule has 6 rings (SSSR count). The largest absolute Gasteiger partial charge is 0.497 e. The number of nitrogens with zero attached hydrogens (tertiary/aromatic N) is 6. The zero-order valence-electron chi connectivity index (χ0n) is 21.5. The number of hydrogen-bond donors (Lipinski definition) is 0. The molecular formula is C29H20N6O5S. The molecule has 12 heteroatoms. The van der Waals surface area contributed by atoms with E-state index in [2.05, 4.69) is 10.1 Å². The molecule has 41 heavy (non-hydrogen) atoms. The van der Waals surface area contributed by atoms with Crippen molar-refractivity contribution in [3.8, 4) is 22.7 Å². The first-order valence-electron chi connectivity index (χ1n) is 12.4. The number of aromatic nitrogens is 5. The minimum atomic E-state index is -0.503. The van der Waals surface area contributed by atoms with Gasteiger partial charge in [0.15, 0.2) is 0 Å². The first-order valence-corrected chi connectivity index (χ1v) is 13.2. The van der Waals surface area contributed by atoms with E-state index < -0.39 is 16.0 Å². The van der Waals surface area contributed by atoms with Crippen LogP contribution in [0.5, 0.6) is 5.75 Å². The molecule has 0 bridgehead atoms. The van der Waals surface area contributed by atoms with Gasteiger partial charge in [-0.25, -0.2) is 4.68 Å². The number of methoxy groups -OCH3 is 1. The molecule has 0 spiro atoms. The van der Waals surface area contributed by atoms with Crippen molar-refractivity contribution in [1.29, 1.82) is 0 Å². The number of non-ortho nitro benzene ring substituents is 1. The fourth-order valence-corrected chi connectivity index (χ4v) is 5.20. The van der Waals surface area contributed by atoms with Gasteiger partial charge in [-0.3, -0.25) is 19.7 Å². The number of benzene rings is 3. The quantitative estimate of drug-likeness (QED) is 0.213. The van der Waals surface area contributed by atoms with Crippen LogP contribution < -0.4 is 20.4 Å². The van der Waals surface area contributed by atoms with Gasteiger partial charge in [-0.1, -0.05) is 41.7 Å². The molecular weight excluding hydrogens is 544 g/mol. The molecule has 0 unspecified atom stereocenters. The van der Waals surface area contributed by atoms with Gasteiger partial charge in [0.2, 0.25) is 4.96 Å². The smallest absolute Gasteiger partial charge is 0.296 e. The van der Waals surface area contributed by atoms with Crippen molar-refractivity contribution in [3.05, 3.63) is 137 Å². The van der Waals surface area contributed by atoms with Crippen LogP contribution in [0.1, 0.15) is 16.8 Å². The number of nitro benzene ring substituents is 1. The van der Waals surface area contributed by atoms with Crippen molar-refractivity contribution < 1.29 is 9.66 Å². The van der Waals surface area contributed by atoms with Crippen molar-refractivity contribution in [2.45, 2.75) is 6.42 Å². The lowest BCUT2D eigenvalue weighted by molar-refractivity contribution is -0.384. The molecule has 3 heterocycles. The zero-order valence-corrected chi connectivity index (χ0v) is 22.3. The summed E-state index contributed by atoms with van der Waals surface area (Å²) in [5.41, 5.74) is 2.57. The third kappa shape index (κ3) is 5.11. The Hall–Kier alpha value is -5.49. The lowest BCUT2D eigenvalue weighted by Crippen LogP contribution is -2.28. The van der Waals surface area contributed by atoms with Crippen LogP contribution in [-0.4, -0.2) is 36.4 Å². The summed E-state index contributed by atoms with van der Waals surface area (Å²) in [6.07, 6.45) is 3.65. The summed E-state index contributed by atoms with van der Waals surface area (Å²) in [5, 5.41) is 20.2. The Kier molecular flexibility index (Phi) is 6.65. The molecule has 0 saturated heterocycles. The second-order valence-electron chi connectivity index (χ2n) is 9.02. The average molecular weight is 565 g/mol. The molecule has 0 aliphatic carbocycles. The van der Waals surface area contributed by atoms with Gasteiger partial charge in [-0.15, -0.1) is 0 Å². The normalized spacial score (nSPS) is 11.7. The van der Waals surface area contributed by atoms with Crippen LogP contribution in [0.15, 0.2) is 94.6 Å². The van der Waals surface area contributed by atoms with Gasteiger partial charge in [0.05, 0.1) is 22.3 Å². The second kappa shape index (κ2) is 10.6. The Balaban J connectivity index is 1.45. The molecule has 6 aromatic rings. The van der Waals surface area contributed by atoms with E-state index >= 15 is 0 Å². The highest BCUT2D eigenvalue weighted by atomic mass is 32.1. The first kappa shape index (κ1) is 25.8. The van der Waals surface area contributed by atoms with E-state index in [0.717, 1.165) is 27.1 Å². The highest BCUT2D eigenvalue weighted by Gasteiger charge is 2.16. The molecule has 3 aromatic carbocycles. The first-order chi connectivity index (χ1) is 19.9. The summed E-state index contributed by atoms with van der Waals surface area (Å²) in [7, 11) is 1.57. The van der Waals surface area contributed by atoms with Crippen LogP contribution in [0.4, 0.5) is 5.69 Å². The van der Waals surface area contributed by atoms with Crippen LogP contribution in [0.25, 0.3) is 28.0 Å². The Morgan fingerprint density at radius 3 is 2.39 bits per heavy atom. The summed E-state index contributed by atoms with van der Waals surface area (Å²) in [6, 6.07) is 22.7. The Morgan fingerprint density at radius 1 is 0.976 bits per heavy atom. The van der Waals surface area contributed by atoms with Crippen molar-refractivity contribution in [2.24, 2.45) is 0 Å². The average Bonchev–Trinajstić information content (AvgIpc) is 3.55. The zero-order chi connectivity index (χ0) is 28.5. The Labute approximate surface area is 235 Å². The topological polar surface area (TPSA) is 135 Å². The SMILES string of the molecule is COc1ccc(Cc2nn3c(=O)/c(=C/c4cn(-c5ccccc5)nc4-c4ccc([N+](=O)[O-])cc4)sc3nc2=O)cc1. The lowest BCUT2D eigenvalue weighted by Gasteiger charge is -2.02. The third-order valence-corrected chi connectivity index (χ3v) is 7.34. The standard InChI is InChI=1S/C29H20N6O5S/c1-40-23-13-7-18(8-14-23)15-24-27(36)30-29-34(31-24)28(37)25(41-29)16-20-17-33(21-5-3-2-4-6-21)32-26(20)19-9-11-22(12-10-19)35(38)39/h2-14,16-17H,15H2,1H3/b25-16-. The van der Waals surface area contributed by atoms with Crippen LogP contribution in [0.3, 0.4) is 0 Å². The monoisotopic (exact) mass is 564 g/mol. The minimum Gasteiger partial charge on any atom is -0.497 e. The molecule has 0 aliphatic rings. The van der Waals surface area contributed by atoms with Crippen LogP contribution in [-0.2, 0) is 6.42 Å². The maximum Gasteiger partial charge on any atom is 0.296 e. The van der Waals surface area contributed by atoms with Crippen molar-refractivity contribution in [2.75, 3.05) is 7.11 Å². The molecule has 0 N–H and O–H groups in total. The minimum absolute atomic E-state index is 0.0412. The summed E-state index contributed by atoms with van der Waals surface area (Å²) >= 11 is 1.05. The molecule has 0 aliphatic heterocycles. The van der Waals surface area contributed by atoms with Crippen LogP contribution in [0, 0.1) is 10.1 Å². The van der Waals surface area contributed by atoms with E-state index in [9.17, 15) is 19.7 Å². The maximum atomic E-state index is 13.4. The number of nitro groups is 1. The van der Waals surface area contributed by atoms with Crippen LogP contribution >= 0.6 is 11.3 Å². The predicted octanol–water partition coefficient (Wildman–Crippen LogP) is 3.42. The maximum absolute atomic E-state index is 13.4. The molecule has 0 atom stereocenters. The van der Waals surface area contributed by atoms with Gasteiger partial charge >= 0.3 is 0 Å². The number of para-hydroxylation sites is 1. The van der Waals surface area contributed by atoms with Gasteiger partial charge < -0.3 is 4.74 Å². The molecule has 11 nitrogen and oxygen atoms in total. The molecule has 202 valence electrons. The number of rotatable bonds is 7. The van der Waals surface area contributed by atoms with Gasteiger partial charge in [-0.05, 0) is 48.0 Å². The van der Waals surface area contributed by atoms with E-state index in [1.807, 2.05) is 42.5 Å². The number of ether oxygens (including phenoxy) is 1. The van der Waals surface area contributed by atoms with E-state index in [1.54, 1.807) is 48.3 Å². The predicted molar refractivity (Wildman–Crippen MR) is 154 cm³/mol. The molecule has 0 amide bonds. The van der Waals surface area contributed by atoms with Crippen molar-refractivity contribution in [3.63, 3.8) is 0 Å².